The van der Waals surface area contributed by atoms with Crippen LogP contribution in [0, 0.1) is 0 Å². The van der Waals surface area contributed by atoms with Gasteiger partial charge in [-0.05, 0) is 13.3 Å². The van der Waals surface area contributed by atoms with Crippen molar-refractivity contribution in [3.63, 3.8) is 0 Å². The highest BCUT2D eigenvalue weighted by Crippen LogP contribution is 2.08. The molecule has 1 unspecified atom stereocenters. The molecule has 13 heavy (non-hydrogen) atoms. The molecule has 1 rings (SSSR count). The van der Waals surface area contributed by atoms with Gasteiger partial charge in [-0.3, -0.25) is 19.8 Å². The van der Waals surface area contributed by atoms with Crippen LogP contribution in [0.3, 0.4) is 0 Å². The van der Waals surface area contributed by atoms with Gasteiger partial charge in [0.1, 0.15) is 0 Å². The summed E-state index contributed by atoms with van der Waals surface area (Å²) in [5.74, 6) is -0.200. The molecule has 0 spiro atoms. The molecule has 0 aromatic heterocycles. The Labute approximate surface area is 78.3 Å². The molecule has 0 aromatic carbocycles. The molecule has 0 radical (unpaired) electrons. The largest absolute Gasteiger partial charge is 0.300 e. The number of nitrogens with zero attached hydrogens (tertiary/aromatic N) is 1. The highest BCUT2D eigenvalue weighted by molar-refractivity contribution is 5.99. The van der Waals surface area contributed by atoms with Gasteiger partial charge in [0.2, 0.25) is 11.8 Å². The fraction of sp³-hybridized carbons (Fsp3) is 0.778. The number of hydrogen-bond donors (Lipinski definition) is 1. The van der Waals surface area contributed by atoms with Crippen molar-refractivity contribution in [3.8, 4) is 0 Å². The molecular formula is C9H16N2O2. The predicted molar refractivity (Wildman–Crippen MR) is 49.1 cm³/mol. The van der Waals surface area contributed by atoms with E-state index in [1.807, 2.05) is 13.8 Å². The number of piperazine rings is 1. The average Bonchev–Trinajstić information content (AvgIpc) is 2.04. The lowest BCUT2D eigenvalue weighted by Gasteiger charge is -2.30. The molecule has 4 heteroatoms. The molecule has 1 aliphatic heterocycles. The number of carbonyl (C=O) groups is 2. The van der Waals surface area contributed by atoms with E-state index in [1.165, 1.54) is 4.90 Å². The Kier molecular flexibility index (Phi) is 3.42. The van der Waals surface area contributed by atoms with Gasteiger partial charge in [0.15, 0.2) is 0 Å². The van der Waals surface area contributed by atoms with Crippen LogP contribution in [0.1, 0.15) is 26.7 Å². The highest BCUT2D eigenvalue weighted by Gasteiger charge is 2.29. The molecule has 0 bridgehead atoms. The zero-order valence-electron chi connectivity index (χ0n) is 8.17. The summed E-state index contributed by atoms with van der Waals surface area (Å²) >= 11 is 0. The van der Waals surface area contributed by atoms with Crippen molar-refractivity contribution >= 4 is 11.8 Å². The first-order valence-corrected chi connectivity index (χ1v) is 4.72. The van der Waals surface area contributed by atoms with Crippen molar-refractivity contribution in [2.75, 3.05) is 13.1 Å². The molecule has 1 fully saturated rings. The zero-order chi connectivity index (χ0) is 9.84. The van der Waals surface area contributed by atoms with E-state index in [9.17, 15) is 9.59 Å². The monoisotopic (exact) mass is 184 g/mol. The summed E-state index contributed by atoms with van der Waals surface area (Å²) < 4.78 is 0. The molecule has 0 aliphatic carbocycles. The molecule has 1 N–H and O–H groups in total. The Bertz CT molecular complexity index is 200. The third-order valence-electron chi connectivity index (χ3n) is 2.24. The molecule has 2 amide bonds. The lowest BCUT2D eigenvalue weighted by atomic mass is 10.1. The standard InChI is InChI=1S/C9H16N2O2/c1-3-4-7(2)11-8(12)5-10-6-9(11)13/h7,10H,3-6H2,1-2H3. The lowest BCUT2D eigenvalue weighted by Crippen LogP contribution is -2.55. The Morgan fingerprint density at radius 3 is 2.38 bits per heavy atom. The second kappa shape index (κ2) is 4.37. The summed E-state index contributed by atoms with van der Waals surface area (Å²) in [6, 6.07) is 0.0482. The Balaban J connectivity index is 2.62. The predicted octanol–water partition coefficient (Wildman–Crippen LogP) is 0.133. The molecule has 74 valence electrons. The van der Waals surface area contributed by atoms with Crippen LogP contribution >= 0.6 is 0 Å². The maximum Gasteiger partial charge on any atom is 0.243 e. The summed E-state index contributed by atoms with van der Waals surface area (Å²) in [7, 11) is 0. The summed E-state index contributed by atoms with van der Waals surface area (Å²) in [5.41, 5.74) is 0. The summed E-state index contributed by atoms with van der Waals surface area (Å²) in [6.07, 6.45) is 1.88. The van der Waals surface area contributed by atoms with Gasteiger partial charge in [0, 0.05) is 6.04 Å². The Morgan fingerprint density at radius 2 is 1.92 bits per heavy atom. The van der Waals surface area contributed by atoms with E-state index in [-0.39, 0.29) is 17.9 Å². The highest BCUT2D eigenvalue weighted by atomic mass is 16.2. The van der Waals surface area contributed by atoms with Crippen LogP contribution in [-0.2, 0) is 9.59 Å². The van der Waals surface area contributed by atoms with Gasteiger partial charge in [0.05, 0.1) is 13.1 Å². The normalized spacial score (nSPS) is 20.6. The maximum absolute atomic E-state index is 11.4. The minimum Gasteiger partial charge on any atom is -0.300 e. The third-order valence-corrected chi connectivity index (χ3v) is 2.24. The van der Waals surface area contributed by atoms with Gasteiger partial charge in [0.25, 0.3) is 0 Å². The van der Waals surface area contributed by atoms with Crippen molar-refractivity contribution in [2.24, 2.45) is 0 Å². The topological polar surface area (TPSA) is 49.4 Å². The van der Waals surface area contributed by atoms with Crippen molar-refractivity contribution in [2.45, 2.75) is 32.7 Å². The van der Waals surface area contributed by atoms with Crippen LogP contribution in [-0.4, -0.2) is 35.8 Å². The number of nitrogens with one attached hydrogen (secondary N) is 1. The van der Waals surface area contributed by atoms with Gasteiger partial charge in [-0.15, -0.1) is 0 Å². The van der Waals surface area contributed by atoms with Gasteiger partial charge >= 0.3 is 0 Å². The lowest BCUT2D eigenvalue weighted by molar-refractivity contribution is -0.149. The molecule has 1 saturated heterocycles. The Hall–Kier alpha value is -0.900. The van der Waals surface area contributed by atoms with Gasteiger partial charge in [-0.25, -0.2) is 0 Å². The van der Waals surface area contributed by atoms with Crippen molar-refractivity contribution in [1.82, 2.24) is 10.2 Å². The van der Waals surface area contributed by atoms with E-state index in [1.54, 1.807) is 0 Å². The van der Waals surface area contributed by atoms with E-state index in [4.69, 9.17) is 0 Å². The number of hydrogen-bond acceptors (Lipinski definition) is 3. The molecule has 1 heterocycles. The van der Waals surface area contributed by atoms with Crippen LogP contribution in [0.5, 0.6) is 0 Å². The van der Waals surface area contributed by atoms with Crippen molar-refractivity contribution in [1.29, 1.82) is 0 Å². The molecule has 1 atom stereocenters. The van der Waals surface area contributed by atoms with Gasteiger partial charge in [-0.2, -0.15) is 0 Å². The van der Waals surface area contributed by atoms with Crippen LogP contribution in [0.15, 0.2) is 0 Å². The molecule has 0 aromatic rings. The van der Waals surface area contributed by atoms with E-state index >= 15 is 0 Å². The van der Waals surface area contributed by atoms with Crippen LogP contribution < -0.4 is 5.32 Å². The maximum atomic E-state index is 11.4. The summed E-state index contributed by atoms with van der Waals surface area (Å²) in [5, 5.41) is 2.77. The van der Waals surface area contributed by atoms with Crippen LogP contribution in [0.4, 0.5) is 0 Å². The first kappa shape index (κ1) is 10.2. The van der Waals surface area contributed by atoms with Crippen LogP contribution in [0.2, 0.25) is 0 Å². The molecule has 0 saturated carbocycles. The van der Waals surface area contributed by atoms with Crippen molar-refractivity contribution < 1.29 is 9.59 Å². The smallest absolute Gasteiger partial charge is 0.243 e. The first-order chi connectivity index (χ1) is 6.16. The zero-order valence-corrected chi connectivity index (χ0v) is 8.17. The van der Waals surface area contributed by atoms with Gasteiger partial charge in [-0.1, -0.05) is 13.3 Å². The van der Waals surface area contributed by atoms with Crippen molar-refractivity contribution in [3.05, 3.63) is 0 Å². The second-order valence-electron chi connectivity index (χ2n) is 3.40. The number of carbonyl (C=O) groups excluding carboxylic acids is 2. The fourth-order valence-electron chi connectivity index (χ4n) is 1.62. The van der Waals surface area contributed by atoms with Crippen LogP contribution in [0.25, 0.3) is 0 Å². The quantitative estimate of drug-likeness (QED) is 0.634. The SMILES string of the molecule is CCCC(C)N1C(=O)CNCC1=O. The molecular weight excluding hydrogens is 168 g/mol. The number of imide groups is 1. The number of amides is 2. The minimum absolute atomic E-state index is 0.0482. The number of rotatable bonds is 3. The average molecular weight is 184 g/mol. The molecule has 4 nitrogen and oxygen atoms in total. The summed E-state index contributed by atoms with van der Waals surface area (Å²) in [6.45, 7) is 4.55. The third kappa shape index (κ3) is 2.28. The van der Waals surface area contributed by atoms with E-state index in [2.05, 4.69) is 5.32 Å². The Morgan fingerprint density at radius 1 is 1.38 bits per heavy atom. The van der Waals surface area contributed by atoms with E-state index in [0.717, 1.165) is 12.8 Å². The van der Waals surface area contributed by atoms with E-state index < -0.39 is 0 Å². The first-order valence-electron chi connectivity index (χ1n) is 4.72. The second-order valence-corrected chi connectivity index (χ2v) is 3.40. The molecule has 1 aliphatic rings. The summed E-state index contributed by atoms with van der Waals surface area (Å²) in [4.78, 5) is 24.1. The van der Waals surface area contributed by atoms with E-state index in [0.29, 0.717) is 13.1 Å². The fourth-order valence-corrected chi connectivity index (χ4v) is 1.62. The minimum atomic E-state index is -0.0998. The van der Waals surface area contributed by atoms with Gasteiger partial charge < -0.3 is 0 Å².